The van der Waals surface area contributed by atoms with E-state index in [1.54, 1.807) is 7.11 Å². The van der Waals surface area contributed by atoms with Gasteiger partial charge in [0.2, 0.25) is 0 Å². The number of carbonyl (C=O) groups excluding carboxylic acids is 1. The smallest absolute Gasteiger partial charge is 0.146 e. The lowest BCUT2D eigenvalue weighted by Crippen LogP contribution is -1.88. The molecule has 0 bridgehead atoms. The van der Waals surface area contributed by atoms with Crippen molar-refractivity contribution in [3.05, 3.63) is 34.9 Å². The minimum absolute atomic E-state index is 0.732. The van der Waals surface area contributed by atoms with Crippen LogP contribution in [-0.2, 0) is 11.2 Å². The molecular formula is C11H10O2. The summed E-state index contributed by atoms with van der Waals surface area (Å²) in [5.41, 5.74) is 3.13. The van der Waals surface area contributed by atoms with Crippen LogP contribution >= 0.6 is 0 Å². The second-order valence-corrected chi connectivity index (χ2v) is 3.08. The number of allylic oxidation sites excluding steroid dienone is 1. The Morgan fingerprint density at radius 1 is 1.46 bits per heavy atom. The van der Waals surface area contributed by atoms with Crippen LogP contribution in [0, 0.1) is 0 Å². The van der Waals surface area contributed by atoms with Crippen molar-refractivity contribution in [1.29, 1.82) is 0 Å². The van der Waals surface area contributed by atoms with Crippen LogP contribution in [0.15, 0.2) is 23.8 Å². The molecule has 0 N–H and O–H groups in total. The summed E-state index contributed by atoms with van der Waals surface area (Å²) in [6, 6.07) is 5.86. The summed E-state index contributed by atoms with van der Waals surface area (Å²) in [6.45, 7) is 0. The van der Waals surface area contributed by atoms with Gasteiger partial charge in [-0.15, -0.1) is 0 Å². The SMILES string of the molecule is COc1ccc2c(c1)CC(C=O)=C2. The van der Waals surface area contributed by atoms with Gasteiger partial charge in [0.25, 0.3) is 0 Å². The molecule has 0 spiro atoms. The van der Waals surface area contributed by atoms with Gasteiger partial charge in [0.1, 0.15) is 12.0 Å². The average molecular weight is 174 g/mol. The molecule has 66 valence electrons. The molecule has 2 nitrogen and oxygen atoms in total. The largest absolute Gasteiger partial charge is 0.497 e. The van der Waals surface area contributed by atoms with Gasteiger partial charge in [-0.25, -0.2) is 0 Å². The lowest BCUT2D eigenvalue weighted by molar-refractivity contribution is -0.104. The Labute approximate surface area is 76.8 Å². The lowest BCUT2D eigenvalue weighted by atomic mass is 10.1. The van der Waals surface area contributed by atoms with E-state index in [-0.39, 0.29) is 0 Å². The summed E-state index contributed by atoms with van der Waals surface area (Å²) in [5.74, 6) is 0.847. The number of rotatable bonds is 2. The summed E-state index contributed by atoms with van der Waals surface area (Å²) in [4.78, 5) is 10.5. The van der Waals surface area contributed by atoms with Crippen molar-refractivity contribution in [2.75, 3.05) is 7.11 Å². The Morgan fingerprint density at radius 3 is 3.00 bits per heavy atom. The monoisotopic (exact) mass is 174 g/mol. The molecule has 0 atom stereocenters. The lowest BCUT2D eigenvalue weighted by Gasteiger charge is -2.02. The van der Waals surface area contributed by atoms with Crippen LogP contribution in [0.3, 0.4) is 0 Å². The summed E-state index contributed by atoms with van der Waals surface area (Å²) in [5, 5.41) is 0. The molecule has 0 amide bonds. The predicted molar refractivity (Wildman–Crippen MR) is 50.7 cm³/mol. The van der Waals surface area contributed by atoms with Gasteiger partial charge >= 0.3 is 0 Å². The van der Waals surface area contributed by atoms with Crippen LogP contribution in [-0.4, -0.2) is 13.4 Å². The third-order valence-corrected chi connectivity index (χ3v) is 2.24. The summed E-state index contributed by atoms with van der Waals surface area (Å²) in [7, 11) is 1.64. The van der Waals surface area contributed by atoms with E-state index in [1.807, 2.05) is 24.3 Å². The topological polar surface area (TPSA) is 26.3 Å². The highest BCUT2D eigenvalue weighted by atomic mass is 16.5. The molecule has 0 radical (unpaired) electrons. The molecule has 0 aromatic heterocycles. The second kappa shape index (κ2) is 3.05. The molecule has 0 aliphatic heterocycles. The van der Waals surface area contributed by atoms with Gasteiger partial charge in [-0.3, -0.25) is 4.79 Å². The van der Waals surface area contributed by atoms with Crippen molar-refractivity contribution in [3.63, 3.8) is 0 Å². The van der Waals surface area contributed by atoms with Gasteiger partial charge < -0.3 is 4.74 Å². The first-order valence-electron chi connectivity index (χ1n) is 4.16. The minimum atomic E-state index is 0.732. The average Bonchev–Trinajstić information content (AvgIpc) is 2.58. The van der Waals surface area contributed by atoms with Crippen molar-refractivity contribution in [1.82, 2.24) is 0 Å². The van der Waals surface area contributed by atoms with Crippen molar-refractivity contribution >= 4 is 12.4 Å². The van der Waals surface area contributed by atoms with E-state index in [2.05, 4.69) is 0 Å². The third kappa shape index (κ3) is 1.35. The van der Waals surface area contributed by atoms with Crippen molar-refractivity contribution < 1.29 is 9.53 Å². The molecule has 1 aliphatic rings. The standard InChI is InChI=1S/C11H10O2/c1-13-11-3-2-9-4-8(7-12)5-10(9)6-11/h2-4,6-7H,5H2,1H3. The number of carbonyl (C=O) groups is 1. The summed E-state index contributed by atoms with van der Waals surface area (Å²) >= 11 is 0. The number of hydrogen-bond donors (Lipinski definition) is 0. The number of benzene rings is 1. The maximum atomic E-state index is 10.5. The van der Waals surface area contributed by atoms with Gasteiger partial charge in [-0.1, -0.05) is 6.07 Å². The van der Waals surface area contributed by atoms with E-state index >= 15 is 0 Å². The van der Waals surface area contributed by atoms with Crippen LogP contribution in [0.2, 0.25) is 0 Å². The zero-order valence-electron chi connectivity index (χ0n) is 7.41. The summed E-state index contributed by atoms with van der Waals surface area (Å²) in [6.07, 6.45) is 3.56. The number of ether oxygens (including phenoxy) is 1. The first kappa shape index (κ1) is 8.05. The first-order chi connectivity index (χ1) is 6.33. The molecule has 0 unspecified atom stereocenters. The van der Waals surface area contributed by atoms with Gasteiger partial charge in [-0.05, 0) is 34.9 Å². The fourth-order valence-electron chi connectivity index (χ4n) is 1.55. The van der Waals surface area contributed by atoms with E-state index in [4.69, 9.17) is 4.74 Å². The van der Waals surface area contributed by atoms with Crippen molar-refractivity contribution in [3.8, 4) is 5.75 Å². The first-order valence-corrected chi connectivity index (χ1v) is 4.16. The highest BCUT2D eigenvalue weighted by molar-refractivity contribution is 5.86. The van der Waals surface area contributed by atoms with Crippen molar-refractivity contribution in [2.45, 2.75) is 6.42 Å². The quantitative estimate of drug-likeness (QED) is 0.639. The van der Waals surface area contributed by atoms with Crippen LogP contribution < -0.4 is 4.74 Å². The predicted octanol–water partition coefficient (Wildman–Crippen LogP) is 1.83. The van der Waals surface area contributed by atoms with E-state index in [0.717, 1.165) is 29.6 Å². The number of aldehydes is 1. The zero-order valence-corrected chi connectivity index (χ0v) is 7.41. The molecule has 0 fully saturated rings. The maximum absolute atomic E-state index is 10.5. The van der Waals surface area contributed by atoms with Crippen LogP contribution in [0.25, 0.3) is 6.08 Å². The fourth-order valence-corrected chi connectivity index (χ4v) is 1.55. The number of hydrogen-bond acceptors (Lipinski definition) is 2. The molecule has 1 aliphatic carbocycles. The Balaban J connectivity index is 2.38. The fraction of sp³-hybridized carbons (Fsp3) is 0.182. The van der Waals surface area contributed by atoms with E-state index in [1.165, 1.54) is 5.56 Å². The Morgan fingerprint density at radius 2 is 2.31 bits per heavy atom. The molecule has 1 aromatic carbocycles. The van der Waals surface area contributed by atoms with Crippen LogP contribution in [0.5, 0.6) is 5.75 Å². The normalized spacial score (nSPS) is 13.5. The molecular weight excluding hydrogens is 164 g/mol. The highest BCUT2D eigenvalue weighted by Crippen LogP contribution is 2.27. The highest BCUT2D eigenvalue weighted by Gasteiger charge is 2.12. The molecule has 13 heavy (non-hydrogen) atoms. The van der Waals surface area contributed by atoms with Gasteiger partial charge in [0.15, 0.2) is 0 Å². The Bertz CT molecular complexity index is 378. The van der Waals surface area contributed by atoms with E-state index in [9.17, 15) is 4.79 Å². The number of methoxy groups -OCH3 is 1. The minimum Gasteiger partial charge on any atom is -0.497 e. The Kier molecular flexibility index (Phi) is 1.89. The molecule has 2 rings (SSSR count). The summed E-state index contributed by atoms with van der Waals surface area (Å²) < 4.78 is 5.10. The molecule has 2 heteroatoms. The molecule has 1 aromatic rings. The van der Waals surface area contributed by atoms with Crippen LogP contribution in [0.4, 0.5) is 0 Å². The van der Waals surface area contributed by atoms with Gasteiger partial charge in [0, 0.05) is 6.42 Å². The molecule has 0 saturated carbocycles. The van der Waals surface area contributed by atoms with Crippen molar-refractivity contribution in [2.24, 2.45) is 0 Å². The van der Waals surface area contributed by atoms with Gasteiger partial charge in [0.05, 0.1) is 7.11 Å². The number of fused-ring (bicyclic) bond motifs is 1. The van der Waals surface area contributed by atoms with E-state index in [0.29, 0.717) is 0 Å². The molecule has 0 heterocycles. The Hall–Kier alpha value is -1.57. The second-order valence-electron chi connectivity index (χ2n) is 3.08. The zero-order chi connectivity index (χ0) is 9.26. The third-order valence-electron chi connectivity index (χ3n) is 2.24. The van der Waals surface area contributed by atoms with Crippen LogP contribution in [0.1, 0.15) is 11.1 Å². The molecule has 0 saturated heterocycles. The maximum Gasteiger partial charge on any atom is 0.146 e. The van der Waals surface area contributed by atoms with E-state index < -0.39 is 0 Å². The van der Waals surface area contributed by atoms with Gasteiger partial charge in [-0.2, -0.15) is 0 Å².